The van der Waals surface area contributed by atoms with Crippen LogP contribution in [0.5, 0.6) is 5.75 Å². The summed E-state index contributed by atoms with van der Waals surface area (Å²) in [6, 6.07) is 15.6. The second-order valence-electron chi connectivity index (χ2n) is 7.21. The number of carbonyl (C=O) groups is 2. The number of rotatable bonds is 4. The molecule has 1 saturated heterocycles. The molecule has 0 aliphatic carbocycles. The van der Waals surface area contributed by atoms with Crippen molar-refractivity contribution in [3.63, 3.8) is 0 Å². The number of anilines is 2. The highest BCUT2D eigenvalue weighted by Crippen LogP contribution is 2.30. The molecule has 140 valence electrons. The summed E-state index contributed by atoms with van der Waals surface area (Å²) in [5, 5.41) is 0. The summed E-state index contributed by atoms with van der Waals surface area (Å²) in [6.07, 6.45) is 3.48. The van der Waals surface area contributed by atoms with E-state index >= 15 is 0 Å². The first-order chi connectivity index (χ1) is 13.1. The highest BCUT2D eigenvalue weighted by Gasteiger charge is 2.28. The van der Waals surface area contributed by atoms with Crippen LogP contribution in [0.4, 0.5) is 11.4 Å². The lowest BCUT2D eigenvalue weighted by atomic mass is 9.96. The van der Waals surface area contributed by atoms with E-state index in [-0.39, 0.29) is 24.5 Å². The van der Waals surface area contributed by atoms with Crippen molar-refractivity contribution in [2.45, 2.75) is 38.6 Å². The van der Waals surface area contributed by atoms with Gasteiger partial charge in [-0.25, -0.2) is 0 Å². The van der Waals surface area contributed by atoms with Crippen LogP contribution in [0.1, 0.15) is 31.7 Å². The summed E-state index contributed by atoms with van der Waals surface area (Å²) in [6.45, 7) is 2.85. The quantitative estimate of drug-likeness (QED) is 0.833. The predicted molar refractivity (Wildman–Crippen MR) is 105 cm³/mol. The fraction of sp³-hybridized carbons (Fsp3) is 0.364. The van der Waals surface area contributed by atoms with Gasteiger partial charge in [-0.2, -0.15) is 0 Å². The van der Waals surface area contributed by atoms with Crippen LogP contribution in [0.3, 0.4) is 0 Å². The van der Waals surface area contributed by atoms with Gasteiger partial charge < -0.3 is 14.5 Å². The zero-order valence-electron chi connectivity index (χ0n) is 15.6. The molecule has 0 saturated carbocycles. The Morgan fingerprint density at radius 2 is 1.89 bits per heavy atom. The fourth-order valence-corrected chi connectivity index (χ4v) is 3.93. The SMILES string of the molecule is CC1CCc2ccccc2N1C(=O)COc1ccc(N2CCCC2=O)cc1. The number of benzene rings is 2. The second kappa shape index (κ2) is 7.43. The van der Waals surface area contributed by atoms with E-state index in [4.69, 9.17) is 4.74 Å². The number of hydrogen-bond acceptors (Lipinski definition) is 3. The maximum atomic E-state index is 12.8. The predicted octanol–water partition coefficient (Wildman–Crippen LogP) is 3.56. The number of ether oxygens (including phenoxy) is 1. The standard InChI is InChI=1S/C22H24N2O3/c1-16-8-9-17-5-2-3-6-20(17)24(16)22(26)15-27-19-12-10-18(11-13-19)23-14-4-7-21(23)25/h2-3,5-6,10-13,16H,4,7-9,14-15H2,1H3. The molecule has 0 spiro atoms. The summed E-state index contributed by atoms with van der Waals surface area (Å²) < 4.78 is 5.73. The highest BCUT2D eigenvalue weighted by atomic mass is 16.5. The Kier molecular flexibility index (Phi) is 4.84. The van der Waals surface area contributed by atoms with Crippen LogP contribution < -0.4 is 14.5 Å². The Hall–Kier alpha value is -2.82. The van der Waals surface area contributed by atoms with Crippen LogP contribution in [0.2, 0.25) is 0 Å². The van der Waals surface area contributed by atoms with Gasteiger partial charge in [-0.15, -0.1) is 0 Å². The lowest BCUT2D eigenvalue weighted by Crippen LogP contribution is -2.44. The minimum atomic E-state index is -0.0338. The molecule has 2 aliphatic rings. The van der Waals surface area contributed by atoms with E-state index in [1.165, 1.54) is 5.56 Å². The Labute approximate surface area is 159 Å². The zero-order valence-corrected chi connectivity index (χ0v) is 15.6. The molecular weight excluding hydrogens is 340 g/mol. The van der Waals surface area contributed by atoms with E-state index in [2.05, 4.69) is 13.0 Å². The van der Waals surface area contributed by atoms with E-state index in [1.54, 1.807) is 4.90 Å². The van der Waals surface area contributed by atoms with Gasteiger partial charge in [0.2, 0.25) is 5.91 Å². The third kappa shape index (κ3) is 3.54. The number of fused-ring (bicyclic) bond motifs is 1. The van der Waals surface area contributed by atoms with Gasteiger partial charge in [0, 0.05) is 30.4 Å². The van der Waals surface area contributed by atoms with Crippen molar-refractivity contribution in [2.24, 2.45) is 0 Å². The highest BCUT2D eigenvalue weighted by molar-refractivity contribution is 5.96. The van der Waals surface area contributed by atoms with Crippen LogP contribution in [0, 0.1) is 0 Å². The molecule has 27 heavy (non-hydrogen) atoms. The lowest BCUT2D eigenvalue weighted by Gasteiger charge is -2.35. The molecule has 2 amide bonds. The molecule has 1 atom stereocenters. The first-order valence-electron chi connectivity index (χ1n) is 9.56. The van der Waals surface area contributed by atoms with E-state index in [1.807, 2.05) is 47.4 Å². The number of hydrogen-bond donors (Lipinski definition) is 0. The monoisotopic (exact) mass is 364 g/mol. The summed E-state index contributed by atoms with van der Waals surface area (Å²) in [5.74, 6) is 0.765. The first kappa shape index (κ1) is 17.6. The van der Waals surface area contributed by atoms with E-state index in [0.29, 0.717) is 12.2 Å². The van der Waals surface area contributed by atoms with Gasteiger partial charge in [-0.1, -0.05) is 18.2 Å². The first-order valence-corrected chi connectivity index (χ1v) is 9.56. The van der Waals surface area contributed by atoms with Gasteiger partial charge >= 0.3 is 0 Å². The molecule has 5 heteroatoms. The Bertz CT molecular complexity index is 847. The molecule has 1 unspecified atom stereocenters. The topological polar surface area (TPSA) is 49.9 Å². The normalized spacial score (nSPS) is 19.1. The Balaban J connectivity index is 1.41. The van der Waals surface area contributed by atoms with Crippen LogP contribution in [-0.2, 0) is 16.0 Å². The molecular formula is C22H24N2O3. The zero-order chi connectivity index (χ0) is 18.8. The van der Waals surface area contributed by atoms with Gasteiger partial charge in [0.15, 0.2) is 6.61 Å². The number of carbonyl (C=O) groups excluding carboxylic acids is 2. The van der Waals surface area contributed by atoms with Gasteiger partial charge in [0.1, 0.15) is 5.75 Å². The Morgan fingerprint density at radius 3 is 2.63 bits per heavy atom. The third-order valence-corrected chi connectivity index (χ3v) is 5.38. The van der Waals surface area contributed by atoms with E-state index in [9.17, 15) is 9.59 Å². The average molecular weight is 364 g/mol. The molecule has 5 nitrogen and oxygen atoms in total. The number of amides is 2. The van der Waals surface area contributed by atoms with Crippen molar-refractivity contribution in [2.75, 3.05) is 23.0 Å². The second-order valence-corrected chi connectivity index (χ2v) is 7.21. The van der Waals surface area contributed by atoms with Crippen molar-refractivity contribution in [1.82, 2.24) is 0 Å². The van der Waals surface area contributed by atoms with Crippen molar-refractivity contribution in [3.8, 4) is 5.75 Å². The fourth-order valence-electron chi connectivity index (χ4n) is 3.93. The summed E-state index contributed by atoms with van der Waals surface area (Å²) in [5.41, 5.74) is 3.09. The maximum absolute atomic E-state index is 12.8. The van der Waals surface area contributed by atoms with Crippen LogP contribution in [-0.4, -0.2) is 31.0 Å². The van der Waals surface area contributed by atoms with Crippen molar-refractivity contribution < 1.29 is 14.3 Å². The van der Waals surface area contributed by atoms with Crippen LogP contribution >= 0.6 is 0 Å². The molecule has 0 N–H and O–H groups in total. The summed E-state index contributed by atoms with van der Waals surface area (Å²) in [7, 11) is 0. The molecule has 0 bridgehead atoms. The van der Waals surface area contributed by atoms with Crippen LogP contribution in [0.15, 0.2) is 48.5 Å². The van der Waals surface area contributed by atoms with Crippen LogP contribution in [0.25, 0.3) is 0 Å². The minimum Gasteiger partial charge on any atom is -0.484 e. The molecule has 0 aromatic heterocycles. The largest absolute Gasteiger partial charge is 0.484 e. The van der Waals surface area contributed by atoms with Gasteiger partial charge in [-0.3, -0.25) is 9.59 Å². The molecule has 0 radical (unpaired) electrons. The molecule has 2 aromatic carbocycles. The number of para-hydroxylation sites is 1. The molecule has 2 heterocycles. The van der Waals surface area contributed by atoms with E-state index < -0.39 is 0 Å². The molecule has 2 aliphatic heterocycles. The smallest absolute Gasteiger partial charge is 0.265 e. The van der Waals surface area contributed by atoms with Gasteiger partial charge in [0.05, 0.1) is 0 Å². The van der Waals surface area contributed by atoms with Gasteiger partial charge in [0.25, 0.3) is 5.91 Å². The summed E-state index contributed by atoms with van der Waals surface area (Å²) in [4.78, 5) is 28.3. The lowest BCUT2D eigenvalue weighted by molar-refractivity contribution is -0.121. The maximum Gasteiger partial charge on any atom is 0.265 e. The molecule has 4 rings (SSSR count). The van der Waals surface area contributed by atoms with Crippen molar-refractivity contribution in [1.29, 1.82) is 0 Å². The summed E-state index contributed by atoms with van der Waals surface area (Å²) >= 11 is 0. The van der Waals surface area contributed by atoms with Crippen molar-refractivity contribution >= 4 is 23.2 Å². The number of nitrogens with zero attached hydrogens (tertiary/aromatic N) is 2. The minimum absolute atomic E-state index is 0.000661. The van der Waals surface area contributed by atoms with Crippen molar-refractivity contribution in [3.05, 3.63) is 54.1 Å². The number of aryl methyl sites for hydroxylation is 1. The molecule has 2 aromatic rings. The third-order valence-electron chi connectivity index (χ3n) is 5.38. The average Bonchev–Trinajstić information content (AvgIpc) is 3.12. The Morgan fingerprint density at radius 1 is 1.11 bits per heavy atom. The van der Waals surface area contributed by atoms with E-state index in [0.717, 1.165) is 37.2 Å². The van der Waals surface area contributed by atoms with Gasteiger partial charge in [-0.05, 0) is 62.1 Å². The molecule has 1 fully saturated rings.